The Morgan fingerprint density at radius 3 is 2.36 bits per heavy atom. The van der Waals surface area contributed by atoms with E-state index in [9.17, 15) is 13.2 Å². The van der Waals surface area contributed by atoms with Crippen molar-refractivity contribution in [2.24, 2.45) is 0 Å². The van der Waals surface area contributed by atoms with Gasteiger partial charge in [-0.15, -0.1) is 23.1 Å². The van der Waals surface area contributed by atoms with E-state index < -0.39 is 15.8 Å². The molecule has 0 spiro atoms. The fourth-order valence-corrected chi connectivity index (χ4v) is 5.96. The van der Waals surface area contributed by atoms with Gasteiger partial charge in [0.1, 0.15) is 9.77 Å². The molecule has 118 valence electrons. The van der Waals surface area contributed by atoms with Crippen LogP contribution in [0.1, 0.15) is 15.2 Å². The molecule has 0 fully saturated rings. The predicted molar refractivity (Wildman–Crippen MR) is 88.5 cm³/mol. The molecule has 2 rings (SSSR count). The first-order valence-electron chi connectivity index (χ1n) is 6.19. The molecule has 2 aromatic rings. The first-order valence-corrected chi connectivity index (χ1v) is 9.71. The predicted octanol–water partition coefficient (Wildman–Crippen LogP) is 2.98. The van der Waals surface area contributed by atoms with E-state index in [0.29, 0.717) is 4.21 Å². The van der Waals surface area contributed by atoms with Gasteiger partial charge in [0.15, 0.2) is 0 Å². The van der Waals surface area contributed by atoms with Crippen molar-refractivity contribution in [2.75, 3.05) is 19.1 Å². The number of sulfone groups is 1. The number of ether oxygens (including phenoxy) is 1. The second kappa shape index (κ2) is 6.31. The minimum atomic E-state index is -3.79. The van der Waals surface area contributed by atoms with Gasteiger partial charge in [0.25, 0.3) is 0 Å². The number of thiophene rings is 1. The van der Waals surface area contributed by atoms with Gasteiger partial charge in [0.05, 0.1) is 21.9 Å². The summed E-state index contributed by atoms with van der Waals surface area (Å²) in [6, 6.07) is 6.50. The molecule has 0 unspecified atom stereocenters. The molecule has 22 heavy (non-hydrogen) atoms. The number of nitrogen functional groups attached to an aromatic ring is 1. The lowest BCUT2D eigenvalue weighted by Gasteiger charge is -2.07. The molecule has 0 saturated heterocycles. The van der Waals surface area contributed by atoms with Gasteiger partial charge >= 0.3 is 5.97 Å². The Morgan fingerprint density at radius 2 is 1.86 bits per heavy atom. The average molecular weight is 357 g/mol. The molecule has 0 aliphatic heterocycles. The molecule has 8 heteroatoms. The molecule has 1 aromatic carbocycles. The number of esters is 1. The van der Waals surface area contributed by atoms with E-state index in [1.54, 1.807) is 18.4 Å². The molecule has 5 nitrogen and oxygen atoms in total. The molecule has 0 aliphatic rings. The molecule has 0 bridgehead atoms. The molecule has 1 aromatic heterocycles. The maximum absolute atomic E-state index is 12.8. The lowest BCUT2D eigenvalue weighted by molar-refractivity contribution is 0.0607. The second-order valence-corrected chi connectivity index (χ2v) is 8.46. The van der Waals surface area contributed by atoms with Gasteiger partial charge in [-0.2, -0.15) is 0 Å². The number of thioether (sulfide) groups is 1. The zero-order valence-electron chi connectivity index (χ0n) is 12.2. The van der Waals surface area contributed by atoms with E-state index in [1.165, 1.54) is 31.0 Å². The fraction of sp³-hybridized carbons (Fsp3) is 0.214. The number of anilines is 1. The Labute approximate surface area is 137 Å². The number of benzene rings is 1. The van der Waals surface area contributed by atoms with Gasteiger partial charge in [0.2, 0.25) is 9.84 Å². The number of methoxy groups -OCH3 is 1. The number of hydrogen-bond donors (Lipinski definition) is 1. The van der Waals surface area contributed by atoms with Crippen LogP contribution in [0.3, 0.4) is 0 Å². The number of nitrogens with two attached hydrogens (primary N) is 1. The number of carbonyl (C=O) groups excluding carboxylic acids is 1. The van der Waals surface area contributed by atoms with E-state index in [-0.39, 0.29) is 20.4 Å². The third-order valence-electron chi connectivity index (χ3n) is 3.03. The van der Waals surface area contributed by atoms with Crippen LogP contribution < -0.4 is 5.73 Å². The first-order chi connectivity index (χ1) is 10.3. The third-order valence-corrected chi connectivity index (χ3v) is 7.44. The van der Waals surface area contributed by atoms with Crippen LogP contribution in [0.5, 0.6) is 0 Å². The van der Waals surface area contributed by atoms with Crippen molar-refractivity contribution in [1.82, 2.24) is 0 Å². The van der Waals surface area contributed by atoms with Crippen LogP contribution in [-0.4, -0.2) is 27.8 Å². The van der Waals surface area contributed by atoms with Crippen LogP contribution in [0.15, 0.2) is 38.3 Å². The van der Waals surface area contributed by atoms with E-state index in [0.717, 1.165) is 16.9 Å². The van der Waals surface area contributed by atoms with Crippen LogP contribution in [0.25, 0.3) is 0 Å². The standard InChI is InChI=1S/C14H15NO4S3/c1-8-4-6-9(7-5-8)22(17,18)12-10(15)11(13(16)19-2)21-14(12)20-3/h4-7H,15H2,1-3H3. The SMILES string of the molecule is COC(=O)c1sc(SC)c(S(=O)(=O)c2ccc(C)cc2)c1N. The molecule has 0 saturated carbocycles. The van der Waals surface area contributed by atoms with Crippen molar-refractivity contribution in [1.29, 1.82) is 0 Å². The first kappa shape index (κ1) is 16.9. The molecule has 2 N–H and O–H groups in total. The molecule has 0 atom stereocenters. The van der Waals surface area contributed by atoms with E-state index in [2.05, 4.69) is 4.74 Å². The highest BCUT2D eigenvalue weighted by Gasteiger charge is 2.31. The Morgan fingerprint density at radius 1 is 1.27 bits per heavy atom. The van der Waals surface area contributed by atoms with E-state index in [4.69, 9.17) is 5.73 Å². The number of carbonyl (C=O) groups is 1. The number of hydrogen-bond acceptors (Lipinski definition) is 7. The summed E-state index contributed by atoms with van der Waals surface area (Å²) in [5.74, 6) is -0.636. The highest BCUT2D eigenvalue weighted by atomic mass is 32.2. The summed E-state index contributed by atoms with van der Waals surface area (Å²) >= 11 is 2.26. The molecule has 0 aliphatic carbocycles. The minimum Gasteiger partial charge on any atom is -0.465 e. The zero-order valence-corrected chi connectivity index (χ0v) is 14.7. The summed E-state index contributed by atoms with van der Waals surface area (Å²) < 4.78 is 30.8. The van der Waals surface area contributed by atoms with Crippen LogP contribution in [-0.2, 0) is 14.6 Å². The van der Waals surface area contributed by atoms with Gasteiger partial charge in [-0.25, -0.2) is 13.2 Å². The summed E-state index contributed by atoms with van der Waals surface area (Å²) in [6.07, 6.45) is 1.74. The number of aryl methyl sites for hydroxylation is 1. The van der Waals surface area contributed by atoms with Gasteiger partial charge in [-0.1, -0.05) is 17.7 Å². The highest BCUT2D eigenvalue weighted by molar-refractivity contribution is 8.01. The van der Waals surface area contributed by atoms with Gasteiger partial charge in [0, 0.05) is 0 Å². The van der Waals surface area contributed by atoms with Crippen LogP contribution in [0, 0.1) is 6.92 Å². The average Bonchev–Trinajstić information content (AvgIpc) is 2.84. The maximum Gasteiger partial charge on any atom is 0.350 e. The molecule has 1 heterocycles. The normalized spacial score (nSPS) is 11.4. The monoisotopic (exact) mass is 357 g/mol. The highest BCUT2D eigenvalue weighted by Crippen LogP contribution is 2.42. The third kappa shape index (κ3) is 2.86. The van der Waals surface area contributed by atoms with Crippen molar-refractivity contribution in [3.8, 4) is 0 Å². The zero-order chi connectivity index (χ0) is 16.5. The number of rotatable bonds is 4. The minimum absolute atomic E-state index is 0.0192. The van der Waals surface area contributed by atoms with Crippen molar-refractivity contribution in [2.45, 2.75) is 20.9 Å². The summed E-state index contributed by atoms with van der Waals surface area (Å²) in [5.41, 5.74) is 6.83. The molecular weight excluding hydrogens is 342 g/mol. The van der Waals surface area contributed by atoms with Crippen LogP contribution in [0.4, 0.5) is 5.69 Å². The Balaban J connectivity index is 2.67. The van der Waals surface area contributed by atoms with Crippen LogP contribution in [0.2, 0.25) is 0 Å². The van der Waals surface area contributed by atoms with Gasteiger partial charge in [-0.3, -0.25) is 0 Å². The van der Waals surface area contributed by atoms with Crippen molar-refractivity contribution in [3.63, 3.8) is 0 Å². The van der Waals surface area contributed by atoms with Crippen molar-refractivity contribution < 1.29 is 17.9 Å². The summed E-state index contributed by atoms with van der Waals surface area (Å²) in [4.78, 5) is 12.0. The van der Waals surface area contributed by atoms with Crippen molar-refractivity contribution >= 4 is 44.6 Å². The van der Waals surface area contributed by atoms with Gasteiger partial charge < -0.3 is 10.5 Å². The Hall–Kier alpha value is -1.51. The lowest BCUT2D eigenvalue weighted by atomic mass is 10.2. The summed E-state index contributed by atoms with van der Waals surface area (Å²) in [5, 5.41) is 0. The van der Waals surface area contributed by atoms with E-state index in [1.807, 2.05) is 6.92 Å². The molecule has 0 radical (unpaired) electrons. The smallest absolute Gasteiger partial charge is 0.350 e. The molecule has 0 amide bonds. The van der Waals surface area contributed by atoms with Crippen LogP contribution >= 0.6 is 23.1 Å². The maximum atomic E-state index is 12.8. The summed E-state index contributed by atoms with van der Waals surface area (Å²) in [7, 11) is -2.56. The topological polar surface area (TPSA) is 86.5 Å². The van der Waals surface area contributed by atoms with Gasteiger partial charge in [-0.05, 0) is 25.3 Å². The molecular formula is C14H15NO4S3. The Bertz CT molecular complexity index is 807. The fourth-order valence-electron chi connectivity index (χ4n) is 1.88. The quantitative estimate of drug-likeness (QED) is 0.669. The Kier molecular flexibility index (Phi) is 4.84. The second-order valence-electron chi connectivity index (χ2n) is 4.47. The summed E-state index contributed by atoms with van der Waals surface area (Å²) in [6.45, 7) is 1.87. The van der Waals surface area contributed by atoms with E-state index >= 15 is 0 Å². The largest absolute Gasteiger partial charge is 0.465 e. The van der Waals surface area contributed by atoms with Crippen molar-refractivity contribution in [3.05, 3.63) is 34.7 Å². The lowest BCUT2D eigenvalue weighted by Crippen LogP contribution is -2.07.